The molecule has 2 aliphatic rings. The van der Waals surface area contributed by atoms with Crippen molar-refractivity contribution in [1.29, 1.82) is 0 Å². The van der Waals surface area contributed by atoms with Gasteiger partial charge in [-0.3, -0.25) is 4.99 Å². The fourth-order valence-electron chi connectivity index (χ4n) is 4.51. The minimum Gasteiger partial charge on any atom is -0.497 e. The van der Waals surface area contributed by atoms with Gasteiger partial charge in [-0.15, -0.1) is 0 Å². The van der Waals surface area contributed by atoms with Crippen LogP contribution in [-0.2, 0) is 4.74 Å². The van der Waals surface area contributed by atoms with Gasteiger partial charge in [-0.1, -0.05) is 6.42 Å². The van der Waals surface area contributed by atoms with Crippen LogP contribution in [-0.4, -0.2) is 48.5 Å². The molecule has 0 bridgehead atoms. The second-order valence-corrected chi connectivity index (χ2v) is 9.18. The molecular weight excluding hydrogens is 352 g/mol. The Bertz CT molecular complexity index is 710. The minimum atomic E-state index is -0.443. The number of nitrogens with zero attached hydrogens (tertiary/aromatic N) is 2. The van der Waals surface area contributed by atoms with Gasteiger partial charge in [0.15, 0.2) is 0 Å². The second-order valence-electron chi connectivity index (χ2n) is 9.18. The lowest BCUT2D eigenvalue weighted by Gasteiger charge is -2.42. The third-order valence-electron chi connectivity index (χ3n) is 6.13. The molecule has 1 saturated heterocycles. The van der Waals surface area contributed by atoms with Gasteiger partial charge >= 0.3 is 6.09 Å². The van der Waals surface area contributed by atoms with Crippen molar-refractivity contribution in [3.8, 4) is 5.75 Å². The van der Waals surface area contributed by atoms with Crippen LogP contribution in [0.5, 0.6) is 5.75 Å². The van der Waals surface area contributed by atoms with Gasteiger partial charge in [0.2, 0.25) is 0 Å². The van der Waals surface area contributed by atoms with E-state index in [9.17, 15) is 4.79 Å². The standard InChI is InChI=1S/C23H34N2O3/c1-17(18-8-10-19(27-5)11-9-18)24-20-7-6-12-23(20)13-15-25(16-14-23)21(26)28-22(2,3)4/h8-11,20H,6-7,12-16H2,1-5H3/b24-17-. The van der Waals surface area contributed by atoms with Gasteiger partial charge in [0.05, 0.1) is 13.2 Å². The number of ether oxygens (including phenoxy) is 2. The zero-order valence-corrected chi connectivity index (χ0v) is 18.0. The normalized spacial score (nSPS) is 22.4. The number of aliphatic imine (C=N–C) groups is 1. The first-order chi connectivity index (χ1) is 13.2. The number of piperidine rings is 1. The zero-order valence-electron chi connectivity index (χ0n) is 18.0. The largest absolute Gasteiger partial charge is 0.497 e. The monoisotopic (exact) mass is 386 g/mol. The topological polar surface area (TPSA) is 51.1 Å². The molecule has 1 aromatic carbocycles. The van der Waals surface area contributed by atoms with Crippen LogP contribution in [0.3, 0.4) is 0 Å². The Morgan fingerprint density at radius 2 is 1.79 bits per heavy atom. The SMILES string of the molecule is COc1ccc(/C(C)=N\C2CCCC23CCN(C(=O)OC(C)(C)C)CC3)cc1. The van der Waals surface area contributed by atoms with Crippen molar-refractivity contribution in [1.82, 2.24) is 4.90 Å². The molecule has 0 N–H and O–H groups in total. The lowest BCUT2D eigenvalue weighted by molar-refractivity contribution is 0.00896. The number of rotatable bonds is 3. The number of carbonyl (C=O) groups excluding carboxylic acids is 1. The number of benzene rings is 1. The first kappa shape index (κ1) is 20.7. The van der Waals surface area contributed by atoms with E-state index in [0.29, 0.717) is 6.04 Å². The number of hydrogen-bond acceptors (Lipinski definition) is 4. The molecule has 1 aliphatic heterocycles. The third-order valence-corrected chi connectivity index (χ3v) is 6.13. The maximum Gasteiger partial charge on any atom is 0.410 e. The summed E-state index contributed by atoms with van der Waals surface area (Å²) in [5, 5.41) is 0. The number of carbonyl (C=O) groups is 1. The van der Waals surface area contributed by atoms with Crippen LogP contribution in [0.2, 0.25) is 0 Å². The third kappa shape index (κ3) is 4.68. The molecule has 0 aromatic heterocycles. The summed E-state index contributed by atoms with van der Waals surface area (Å²) in [7, 11) is 1.68. The first-order valence-corrected chi connectivity index (χ1v) is 10.4. The molecule has 5 heteroatoms. The molecule has 1 spiro atoms. The van der Waals surface area contributed by atoms with Crippen molar-refractivity contribution in [2.75, 3.05) is 20.2 Å². The van der Waals surface area contributed by atoms with Gasteiger partial charge in [-0.25, -0.2) is 4.79 Å². The number of amides is 1. The van der Waals surface area contributed by atoms with Crippen LogP contribution in [0.25, 0.3) is 0 Å². The summed E-state index contributed by atoms with van der Waals surface area (Å²) in [6.45, 7) is 9.38. The summed E-state index contributed by atoms with van der Waals surface area (Å²) in [6.07, 6.45) is 5.40. The molecule has 1 saturated carbocycles. The number of likely N-dealkylation sites (tertiary alicyclic amines) is 1. The van der Waals surface area contributed by atoms with Gasteiger partial charge in [0.25, 0.3) is 0 Å². The zero-order chi connectivity index (χ0) is 20.4. The Kier molecular flexibility index (Phi) is 6.01. The van der Waals surface area contributed by atoms with E-state index in [1.165, 1.54) is 12.8 Å². The lowest BCUT2D eigenvalue weighted by atomic mass is 9.74. The van der Waals surface area contributed by atoms with E-state index >= 15 is 0 Å². The molecule has 1 heterocycles. The predicted octanol–water partition coefficient (Wildman–Crippen LogP) is 5.07. The highest BCUT2D eigenvalue weighted by molar-refractivity contribution is 5.98. The summed E-state index contributed by atoms with van der Waals surface area (Å²) in [5.74, 6) is 0.864. The summed E-state index contributed by atoms with van der Waals surface area (Å²) >= 11 is 0. The maximum absolute atomic E-state index is 12.4. The predicted molar refractivity (Wildman–Crippen MR) is 112 cm³/mol. The van der Waals surface area contributed by atoms with Crippen LogP contribution in [0, 0.1) is 5.41 Å². The average Bonchev–Trinajstić information content (AvgIpc) is 3.02. The molecule has 1 aliphatic carbocycles. The van der Waals surface area contributed by atoms with Gasteiger partial charge in [-0.05, 0) is 88.6 Å². The number of hydrogen-bond donors (Lipinski definition) is 0. The van der Waals surface area contributed by atoms with E-state index in [0.717, 1.165) is 49.4 Å². The van der Waals surface area contributed by atoms with Crippen LogP contribution >= 0.6 is 0 Å². The highest BCUT2D eigenvalue weighted by atomic mass is 16.6. The fraction of sp³-hybridized carbons (Fsp3) is 0.652. The average molecular weight is 387 g/mol. The molecule has 1 aromatic rings. The smallest absolute Gasteiger partial charge is 0.410 e. The van der Waals surface area contributed by atoms with Crippen molar-refractivity contribution in [3.05, 3.63) is 29.8 Å². The van der Waals surface area contributed by atoms with Crippen molar-refractivity contribution >= 4 is 11.8 Å². The van der Waals surface area contributed by atoms with E-state index in [2.05, 4.69) is 19.1 Å². The van der Waals surface area contributed by atoms with Crippen LogP contribution < -0.4 is 4.74 Å². The van der Waals surface area contributed by atoms with Crippen molar-refractivity contribution in [2.24, 2.45) is 10.4 Å². The van der Waals surface area contributed by atoms with E-state index in [-0.39, 0.29) is 11.5 Å². The lowest BCUT2D eigenvalue weighted by Crippen LogP contribution is -2.47. The van der Waals surface area contributed by atoms with Gasteiger partial charge in [0.1, 0.15) is 11.4 Å². The molecule has 1 unspecified atom stereocenters. The Labute approximate surface area is 169 Å². The number of methoxy groups -OCH3 is 1. The fourth-order valence-corrected chi connectivity index (χ4v) is 4.51. The Hall–Kier alpha value is -2.04. The second kappa shape index (κ2) is 8.14. The summed E-state index contributed by atoms with van der Waals surface area (Å²) in [4.78, 5) is 19.4. The van der Waals surface area contributed by atoms with E-state index in [1.807, 2.05) is 37.8 Å². The summed E-state index contributed by atoms with van der Waals surface area (Å²) in [5.41, 5.74) is 2.02. The molecular formula is C23H34N2O3. The molecule has 28 heavy (non-hydrogen) atoms. The maximum atomic E-state index is 12.4. The summed E-state index contributed by atoms with van der Waals surface area (Å²) < 4.78 is 10.8. The molecule has 2 fully saturated rings. The summed E-state index contributed by atoms with van der Waals surface area (Å²) in [6, 6.07) is 8.46. The molecule has 0 radical (unpaired) electrons. The highest BCUT2D eigenvalue weighted by Crippen LogP contribution is 2.48. The first-order valence-electron chi connectivity index (χ1n) is 10.4. The molecule has 1 atom stereocenters. The molecule has 154 valence electrons. The minimum absolute atomic E-state index is 0.185. The van der Waals surface area contributed by atoms with Crippen molar-refractivity contribution in [3.63, 3.8) is 0 Å². The Morgan fingerprint density at radius 3 is 2.36 bits per heavy atom. The Morgan fingerprint density at radius 1 is 1.14 bits per heavy atom. The van der Waals surface area contributed by atoms with Gasteiger partial charge in [0, 0.05) is 18.8 Å². The van der Waals surface area contributed by atoms with Gasteiger partial charge in [-0.2, -0.15) is 0 Å². The van der Waals surface area contributed by atoms with Crippen molar-refractivity contribution < 1.29 is 14.3 Å². The molecule has 1 amide bonds. The van der Waals surface area contributed by atoms with Gasteiger partial charge < -0.3 is 14.4 Å². The van der Waals surface area contributed by atoms with Crippen LogP contribution in [0.15, 0.2) is 29.3 Å². The van der Waals surface area contributed by atoms with Crippen LogP contribution in [0.1, 0.15) is 65.4 Å². The Balaban J connectivity index is 1.66. The van der Waals surface area contributed by atoms with E-state index in [4.69, 9.17) is 14.5 Å². The van der Waals surface area contributed by atoms with E-state index in [1.54, 1.807) is 7.11 Å². The highest BCUT2D eigenvalue weighted by Gasteiger charge is 2.45. The molecule has 3 rings (SSSR count). The van der Waals surface area contributed by atoms with Crippen molar-refractivity contribution in [2.45, 2.75) is 71.4 Å². The quantitative estimate of drug-likeness (QED) is 0.681. The molecule has 5 nitrogen and oxygen atoms in total. The van der Waals surface area contributed by atoms with E-state index < -0.39 is 5.60 Å². The van der Waals surface area contributed by atoms with Crippen LogP contribution in [0.4, 0.5) is 4.79 Å².